The lowest BCUT2D eigenvalue weighted by atomic mass is 9.99. The van der Waals surface area contributed by atoms with Gasteiger partial charge >= 0.3 is 6.18 Å². The Morgan fingerprint density at radius 3 is 2.62 bits per heavy atom. The number of nitrogens with zero attached hydrogens (tertiary/aromatic N) is 1. The molecule has 1 heterocycles. The number of alkyl halides is 3. The molecule has 1 unspecified atom stereocenters. The lowest BCUT2D eigenvalue weighted by Crippen LogP contribution is -2.44. The molecular weight excluding hydrogens is 219 g/mol. The van der Waals surface area contributed by atoms with E-state index in [0.29, 0.717) is 6.54 Å². The van der Waals surface area contributed by atoms with Gasteiger partial charge in [0.15, 0.2) is 0 Å². The van der Waals surface area contributed by atoms with Crippen LogP contribution < -0.4 is 0 Å². The molecule has 2 nitrogen and oxygen atoms in total. The summed E-state index contributed by atoms with van der Waals surface area (Å²) in [5.74, 6) is 0.0757. The minimum atomic E-state index is -4.08. The largest absolute Gasteiger partial charge is 0.389 e. The second kappa shape index (κ2) is 5.66. The van der Waals surface area contributed by atoms with Crippen molar-refractivity contribution in [3.63, 3.8) is 0 Å². The molecule has 1 aliphatic heterocycles. The van der Waals surface area contributed by atoms with Gasteiger partial charge in [0, 0.05) is 6.42 Å². The Labute approximate surface area is 93.8 Å². The average molecular weight is 237 g/mol. The normalized spacial score (nSPS) is 23.4. The Balaban J connectivity index is 2.36. The molecule has 1 saturated heterocycles. The van der Waals surface area contributed by atoms with Crippen LogP contribution in [0.25, 0.3) is 0 Å². The van der Waals surface area contributed by atoms with Crippen LogP contribution in [0.2, 0.25) is 0 Å². The van der Waals surface area contributed by atoms with E-state index in [1.807, 2.05) is 4.90 Å². The number of Topliss-reactive ketones (excluding diaryl/α,β-unsaturated/α-hetero) is 1. The Kier molecular flexibility index (Phi) is 4.77. The van der Waals surface area contributed by atoms with Gasteiger partial charge in [-0.15, -0.1) is 0 Å². The molecular formula is C11H18F3NO. The Morgan fingerprint density at radius 2 is 2.06 bits per heavy atom. The SMILES string of the molecule is CC(=O)C1CCCCN1CCCC(F)(F)F. The van der Waals surface area contributed by atoms with Gasteiger partial charge in [0.1, 0.15) is 5.78 Å². The first-order valence-electron chi connectivity index (χ1n) is 5.71. The van der Waals surface area contributed by atoms with Crippen molar-refractivity contribution in [2.75, 3.05) is 13.1 Å². The van der Waals surface area contributed by atoms with Crippen LogP contribution in [-0.2, 0) is 4.79 Å². The van der Waals surface area contributed by atoms with E-state index >= 15 is 0 Å². The van der Waals surface area contributed by atoms with Crippen LogP contribution in [0.5, 0.6) is 0 Å². The predicted molar refractivity (Wildman–Crippen MR) is 55.2 cm³/mol. The maximum atomic E-state index is 12.0. The van der Waals surface area contributed by atoms with E-state index in [4.69, 9.17) is 0 Å². The van der Waals surface area contributed by atoms with Gasteiger partial charge in [-0.25, -0.2) is 0 Å². The summed E-state index contributed by atoms with van der Waals surface area (Å²) in [5, 5.41) is 0. The van der Waals surface area contributed by atoms with E-state index in [9.17, 15) is 18.0 Å². The zero-order valence-corrected chi connectivity index (χ0v) is 9.52. The van der Waals surface area contributed by atoms with Gasteiger partial charge in [0.2, 0.25) is 0 Å². The fourth-order valence-electron chi connectivity index (χ4n) is 2.20. The third-order valence-corrected chi connectivity index (χ3v) is 2.99. The van der Waals surface area contributed by atoms with Gasteiger partial charge in [0.05, 0.1) is 6.04 Å². The van der Waals surface area contributed by atoms with Gasteiger partial charge in [-0.05, 0) is 39.3 Å². The van der Waals surface area contributed by atoms with Crippen LogP contribution in [0.15, 0.2) is 0 Å². The second-order valence-corrected chi connectivity index (χ2v) is 4.38. The molecule has 0 aromatic carbocycles. The molecule has 1 rings (SSSR count). The Morgan fingerprint density at radius 1 is 1.38 bits per heavy atom. The zero-order valence-electron chi connectivity index (χ0n) is 9.52. The summed E-state index contributed by atoms with van der Waals surface area (Å²) in [6, 6.07) is -0.151. The highest BCUT2D eigenvalue weighted by Crippen LogP contribution is 2.23. The number of carbonyl (C=O) groups is 1. The topological polar surface area (TPSA) is 20.3 Å². The number of halogens is 3. The molecule has 94 valence electrons. The number of rotatable bonds is 4. The molecule has 1 fully saturated rings. The molecule has 0 aliphatic carbocycles. The van der Waals surface area contributed by atoms with Crippen molar-refractivity contribution in [1.82, 2.24) is 4.90 Å². The summed E-state index contributed by atoms with van der Waals surface area (Å²) in [6.45, 7) is 2.65. The van der Waals surface area contributed by atoms with E-state index in [-0.39, 0.29) is 18.2 Å². The number of carbonyl (C=O) groups excluding carboxylic acids is 1. The molecule has 1 aliphatic rings. The number of hydrogen-bond donors (Lipinski definition) is 0. The number of piperidine rings is 1. The molecule has 0 radical (unpaired) electrons. The monoisotopic (exact) mass is 237 g/mol. The third-order valence-electron chi connectivity index (χ3n) is 2.99. The number of hydrogen-bond acceptors (Lipinski definition) is 2. The Hall–Kier alpha value is -0.580. The third kappa shape index (κ3) is 4.51. The fraction of sp³-hybridized carbons (Fsp3) is 0.909. The first-order valence-corrected chi connectivity index (χ1v) is 5.71. The predicted octanol–water partition coefficient (Wildman–Crippen LogP) is 2.77. The maximum absolute atomic E-state index is 12.0. The summed E-state index contributed by atoms with van der Waals surface area (Å²) in [7, 11) is 0. The van der Waals surface area contributed by atoms with E-state index in [2.05, 4.69) is 0 Å². The van der Waals surface area contributed by atoms with Crippen molar-refractivity contribution in [2.45, 2.75) is 51.2 Å². The molecule has 0 amide bonds. The van der Waals surface area contributed by atoms with Crippen molar-refractivity contribution in [1.29, 1.82) is 0 Å². The average Bonchev–Trinajstić information content (AvgIpc) is 2.16. The van der Waals surface area contributed by atoms with Crippen molar-refractivity contribution in [2.24, 2.45) is 0 Å². The van der Waals surface area contributed by atoms with E-state index in [1.54, 1.807) is 0 Å². The molecule has 5 heteroatoms. The van der Waals surface area contributed by atoms with Crippen LogP contribution in [0, 0.1) is 0 Å². The van der Waals surface area contributed by atoms with Crippen LogP contribution >= 0.6 is 0 Å². The quantitative estimate of drug-likeness (QED) is 0.749. The van der Waals surface area contributed by atoms with E-state index in [1.165, 1.54) is 6.92 Å². The highest BCUT2D eigenvalue weighted by atomic mass is 19.4. The number of likely N-dealkylation sites (tertiary alicyclic amines) is 1. The van der Waals surface area contributed by atoms with Gasteiger partial charge in [-0.1, -0.05) is 6.42 Å². The lowest BCUT2D eigenvalue weighted by Gasteiger charge is -2.34. The molecule has 0 bridgehead atoms. The van der Waals surface area contributed by atoms with Crippen molar-refractivity contribution >= 4 is 5.78 Å². The van der Waals surface area contributed by atoms with Crippen LogP contribution in [-0.4, -0.2) is 36.0 Å². The standard InChI is InChI=1S/C11H18F3NO/c1-9(16)10-5-2-3-7-15(10)8-4-6-11(12,13)14/h10H,2-8H2,1H3. The molecule has 1 atom stereocenters. The van der Waals surface area contributed by atoms with Crippen molar-refractivity contribution < 1.29 is 18.0 Å². The molecule has 0 aromatic rings. The van der Waals surface area contributed by atoms with Gasteiger partial charge < -0.3 is 0 Å². The smallest absolute Gasteiger partial charge is 0.298 e. The van der Waals surface area contributed by atoms with Crippen LogP contribution in [0.4, 0.5) is 13.2 Å². The van der Waals surface area contributed by atoms with Gasteiger partial charge in [-0.3, -0.25) is 9.69 Å². The maximum Gasteiger partial charge on any atom is 0.389 e. The molecule has 0 aromatic heterocycles. The van der Waals surface area contributed by atoms with Gasteiger partial charge in [0.25, 0.3) is 0 Å². The minimum Gasteiger partial charge on any atom is -0.298 e. The second-order valence-electron chi connectivity index (χ2n) is 4.38. The molecule has 16 heavy (non-hydrogen) atoms. The first-order chi connectivity index (χ1) is 7.40. The minimum absolute atomic E-state index is 0.0757. The highest BCUT2D eigenvalue weighted by molar-refractivity contribution is 5.81. The van der Waals surface area contributed by atoms with Crippen molar-refractivity contribution in [3.8, 4) is 0 Å². The highest BCUT2D eigenvalue weighted by Gasteiger charge is 2.29. The summed E-state index contributed by atoms with van der Waals surface area (Å²) < 4.78 is 35.9. The fourth-order valence-corrected chi connectivity index (χ4v) is 2.20. The zero-order chi connectivity index (χ0) is 12.2. The summed E-state index contributed by atoms with van der Waals surface area (Å²) >= 11 is 0. The van der Waals surface area contributed by atoms with Crippen molar-refractivity contribution in [3.05, 3.63) is 0 Å². The van der Waals surface area contributed by atoms with Crippen LogP contribution in [0.1, 0.15) is 39.0 Å². The summed E-state index contributed by atoms with van der Waals surface area (Å²) in [5.41, 5.74) is 0. The molecule has 0 N–H and O–H groups in total. The first kappa shape index (κ1) is 13.5. The Bertz CT molecular complexity index is 240. The molecule has 0 saturated carbocycles. The summed E-state index contributed by atoms with van der Waals surface area (Å²) in [6.07, 6.45) is -1.97. The van der Waals surface area contributed by atoms with Crippen LogP contribution in [0.3, 0.4) is 0 Å². The summed E-state index contributed by atoms with van der Waals surface area (Å²) in [4.78, 5) is 13.2. The van der Waals surface area contributed by atoms with E-state index in [0.717, 1.165) is 25.8 Å². The molecule has 0 spiro atoms. The van der Waals surface area contributed by atoms with E-state index < -0.39 is 12.6 Å². The number of ketones is 1. The lowest BCUT2D eigenvalue weighted by molar-refractivity contribution is -0.137. The van der Waals surface area contributed by atoms with Gasteiger partial charge in [-0.2, -0.15) is 13.2 Å².